The van der Waals surface area contributed by atoms with E-state index in [0.717, 1.165) is 34.3 Å². The highest BCUT2D eigenvalue weighted by Crippen LogP contribution is 2.34. The van der Waals surface area contributed by atoms with Crippen molar-refractivity contribution in [2.24, 2.45) is 0 Å². The summed E-state index contributed by atoms with van der Waals surface area (Å²) < 4.78 is 0. The number of amides is 1. The van der Waals surface area contributed by atoms with Crippen LogP contribution in [0.3, 0.4) is 0 Å². The molecule has 7 heteroatoms. The fourth-order valence-corrected chi connectivity index (χ4v) is 4.00. The van der Waals surface area contributed by atoms with E-state index >= 15 is 0 Å². The van der Waals surface area contributed by atoms with E-state index < -0.39 is 0 Å². The van der Waals surface area contributed by atoms with Gasteiger partial charge in [-0.25, -0.2) is 9.97 Å². The van der Waals surface area contributed by atoms with Gasteiger partial charge in [0.05, 0.1) is 10.3 Å². The number of carbonyl (C=O) groups is 1. The summed E-state index contributed by atoms with van der Waals surface area (Å²) in [4.78, 5) is 25.6. The third-order valence-corrected chi connectivity index (χ3v) is 5.23. The molecule has 2 aromatic rings. The van der Waals surface area contributed by atoms with Crippen LogP contribution in [0.1, 0.15) is 43.3 Å². The summed E-state index contributed by atoms with van der Waals surface area (Å²) in [7, 11) is 0. The Balaban J connectivity index is 2.03. The molecule has 1 aliphatic heterocycles. The predicted octanol–water partition coefficient (Wildman–Crippen LogP) is 3.54. The molecule has 5 nitrogen and oxygen atoms in total. The third kappa shape index (κ3) is 3.61. The van der Waals surface area contributed by atoms with Crippen LogP contribution in [0.25, 0.3) is 10.2 Å². The summed E-state index contributed by atoms with van der Waals surface area (Å²) in [5.41, 5.74) is -0.249. The third-order valence-electron chi connectivity index (χ3n) is 3.65. The van der Waals surface area contributed by atoms with Gasteiger partial charge in [-0.1, -0.05) is 11.8 Å². The Morgan fingerprint density at radius 3 is 2.61 bits per heavy atom. The predicted molar refractivity (Wildman–Crippen MR) is 97.9 cm³/mol. The zero-order valence-corrected chi connectivity index (χ0v) is 15.6. The zero-order valence-electron chi connectivity index (χ0n) is 14.0. The fourth-order valence-electron chi connectivity index (χ4n) is 2.66. The van der Waals surface area contributed by atoms with E-state index in [-0.39, 0.29) is 11.4 Å². The Labute approximate surface area is 144 Å². The van der Waals surface area contributed by atoms with Crippen molar-refractivity contribution in [3.63, 3.8) is 0 Å². The molecule has 0 saturated carbocycles. The summed E-state index contributed by atoms with van der Waals surface area (Å²) >= 11 is 2.99. The maximum atomic E-state index is 12.4. The van der Waals surface area contributed by atoms with Crippen molar-refractivity contribution in [3.05, 3.63) is 10.9 Å². The molecule has 0 spiro atoms. The van der Waals surface area contributed by atoms with Gasteiger partial charge in [0.2, 0.25) is 0 Å². The summed E-state index contributed by atoms with van der Waals surface area (Å²) in [6, 6.07) is 1.94. The SMILES string of the molecule is CSc1nc(N2CCCC2)c2cc(C(=O)NC(C)(C)C)sc2n1. The van der Waals surface area contributed by atoms with Crippen molar-refractivity contribution in [1.82, 2.24) is 15.3 Å². The molecule has 23 heavy (non-hydrogen) atoms. The molecule has 0 unspecified atom stereocenters. The molecule has 1 amide bonds. The van der Waals surface area contributed by atoms with Gasteiger partial charge in [0.15, 0.2) is 5.16 Å². The first-order valence-electron chi connectivity index (χ1n) is 7.80. The van der Waals surface area contributed by atoms with Crippen molar-refractivity contribution in [1.29, 1.82) is 0 Å². The van der Waals surface area contributed by atoms with Crippen LogP contribution < -0.4 is 10.2 Å². The van der Waals surface area contributed by atoms with Crippen LogP contribution in [-0.2, 0) is 0 Å². The number of nitrogens with one attached hydrogen (secondary N) is 1. The quantitative estimate of drug-likeness (QED) is 0.678. The lowest BCUT2D eigenvalue weighted by Crippen LogP contribution is -2.40. The molecule has 0 radical (unpaired) electrons. The van der Waals surface area contributed by atoms with E-state index in [9.17, 15) is 4.79 Å². The first kappa shape index (κ1) is 16.5. The Bertz CT molecular complexity index is 729. The molecular weight excluding hydrogens is 328 g/mol. The maximum absolute atomic E-state index is 12.4. The molecule has 0 bridgehead atoms. The molecule has 1 fully saturated rings. The monoisotopic (exact) mass is 350 g/mol. The summed E-state index contributed by atoms with van der Waals surface area (Å²) in [5.74, 6) is 0.932. The smallest absolute Gasteiger partial charge is 0.261 e. The number of carbonyl (C=O) groups excluding carboxylic acids is 1. The average molecular weight is 351 g/mol. The number of fused-ring (bicyclic) bond motifs is 1. The van der Waals surface area contributed by atoms with Crippen molar-refractivity contribution < 1.29 is 4.79 Å². The lowest BCUT2D eigenvalue weighted by Gasteiger charge is -2.19. The Kier molecular flexibility index (Phi) is 4.51. The van der Waals surface area contributed by atoms with Gasteiger partial charge in [-0.05, 0) is 45.9 Å². The number of thiophene rings is 1. The molecule has 0 atom stereocenters. The van der Waals surface area contributed by atoms with Crippen molar-refractivity contribution >= 4 is 45.0 Å². The van der Waals surface area contributed by atoms with Gasteiger partial charge < -0.3 is 10.2 Å². The number of rotatable bonds is 3. The number of hydrogen-bond acceptors (Lipinski definition) is 6. The van der Waals surface area contributed by atoms with Crippen LogP contribution in [0.2, 0.25) is 0 Å². The van der Waals surface area contributed by atoms with Crippen LogP contribution in [-0.4, -0.2) is 40.8 Å². The van der Waals surface area contributed by atoms with Crippen LogP contribution >= 0.6 is 23.1 Å². The Hall–Kier alpha value is -1.34. The molecule has 3 heterocycles. The van der Waals surface area contributed by atoms with Crippen molar-refractivity contribution in [2.45, 2.75) is 44.3 Å². The van der Waals surface area contributed by atoms with Gasteiger partial charge in [-0.15, -0.1) is 11.3 Å². The molecule has 124 valence electrons. The second-order valence-corrected chi connectivity index (χ2v) is 8.57. The second kappa shape index (κ2) is 6.28. The van der Waals surface area contributed by atoms with E-state index in [2.05, 4.69) is 15.2 Å². The lowest BCUT2D eigenvalue weighted by molar-refractivity contribution is 0.0924. The highest BCUT2D eigenvalue weighted by Gasteiger charge is 2.23. The molecule has 1 aliphatic rings. The largest absolute Gasteiger partial charge is 0.356 e. The van der Waals surface area contributed by atoms with Gasteiger partial charge >= 0.3 is 0 Å². The minimum atomic E-state index is -0.249. The normalized spacial score (nSPS) is 15.4. The van der Waals surface area contributed by atoms with Gasteiger partial charge in [0.25, 0.3) is 5.91 Å². The van der Waals surface area contributed by atoms with E-state index in [1.807, 2.05) is 33.1 Å². The minimum Gasteiger partial charge on any atom is -0.356 e. The van der Waals surface area contributed by atoms with Crippen molar-refractivity contribution in [2.75, 3.05) is 24.2 Å². The second-order valence-electron chi connectivity index (χ2n) is 6.76. The minimum absolute atomic E-state index is 0.0430. The van der Waals surface area contributed by atoms with Crippen LogP contribution in [0.15, 0.2) is 11.2 Å². The Morgan fingerprint density at radius 1 is 1.30 bits per heavy atom. The topological polar surface area (TPSA) is 58.1 Å². The molecule has 2 aromatic heterocycles. The summed E-state index contributed by atoms with van der Waals surface area (Å²) in [6.07, 6.45) is 4.37. The molecule has 0 aromatic carbocycles. The molecule has 3 rings (SSSR count). The number of nitrogens with zero attached hydrogens (tertiary/aromatic N) is 3. The molecular formula is C16H22N4OS2. The maximum Gasteiger partial charge on any atom is 0.261 e. The van der Waals surface area contributed by atoms with E-state index in [4.69, 9.17) is 4.98 Å². The summed E-state index contributed by atoms with van der Waals surface area (Å²) in [5, 5.41) is 4.78. The first-order valence-corrected chi connectivity index (χ1v) is 9.84. The van der Waals surface area contributed by atoms with Crippen LogP contribution in [0.5, 0.6) is 0 Å². The van der Waals surface area contributed by atoms with Crippen LogP contribution in [0.4, 0.5) is 5.82 Å². The van der Waals surface area contributed by atoms with Gasteiger partial charge in [-0.2, -0.15) is 0 Å². The van der Waals surface area contributed by atoms with Crippen molar-refractivity contribution in [3.8, 4) is 0 Å². The first-order chi connectivity index (χ1) is 10.9. The van der Waals surface area contributed by atoms with Crippen LogP contribution in [0, 0.1) is 0 Å². The number of thioether (sulfide) groups is 1. The average Bonchev–Trinajstić information content (AvgIpc) is 3.13. The number of hydrogen-bond donors (Lipinski definition) is 1. The molecule has 0 aliphatic carbocycles. The summed E-state index contributed by atoms with van der Waals surface area (Å²) in [6.45, 7) is 8.01. The number of aromatic nitrogens is 2. The van der Waals surface area contributed by atoms with E-state index in [0.29, 0.717) is 4.88 Å². The van der Waals surface area contributed by atoms with Gasteiger partial charge in [0.1, 0.15) is 10.6 Å². The zero-order chi connectivity index (χ0) is 16.6. The lowest BCUT2D eigenvalue weighted by atomic mass is 10.1. The highest BCUT2D eigenvalue weighted by molar-refractivity contribution is 7.98. The highest BCUT2D eigenvalue weighted by atomic mass is 32.2. The molecule has 1 saturated heterocycles. The van der Waals surface area contributed by atoms with Gasteiger partial charge in [0, 0.05) is 18.6 Å². The molecule has 1 N–H and O–H groups in total. The van der Waals surface area contributed by atoms with E-state index in [1.54, 1.807) is 11.8 Å². The Morgan fingerprint density at radius 2 is 2.00 bits per heavy atom. The van der Waals surface area contributed by atoms with E-state index in [1.165, 1.54) is 24.2 Å². The number of anilines is 1. The van der Waals surface area contributed by atoms with Gasteiger partial charge in [-0.3, -0.25) is 4.79 Å². The fraction of sp³-hybridized carbons (Fsp3) is 0.562. The standard InChI is InChI=1S/C16H22N4OS2/c1-16(2,3)19-13(21)11-9-10-12(20-7-5-6-8-20)17-15(22-4)18-14(10)23-11/h9H,5-8H2,1-4H3,(H,19,21).